The highest BCUT2D eigenvalue weighted by molar-refractivity contribution is 5.88. The second-order valence-electron chi connectivity index (χ2n) is 4.25. The van der Waals surface area contributed by atoms with Gasteiger partial charge in [0.1, 0.15) is 11.3 Å². The average Bonchev–Trinajstić information content (AvgIpc) is 3.04. The Morgan fingerprint density at radius 1 is 1.47 bits per heavy atom. The maximum Gasteiger partial charge on any atom is 0.339 e. The lowest BCUT2D eigenvalue weighted by molar-refractivity contribution is 0.0694. The van der Waals surface area contributed by atoms with Crippen LogP contribution in [0.2, 0.25) is 0 Å². The molecule has 2 aromatic heterocycles. The Bertz CT molecular complexity index is 505. The van der Waals surface area contributed by atoms with E-state index in [-0.39, 0.29) is 5.56 Å². The predicted molar refractivity (Wildman–Crippen MR) is 68.8 cm³/mol. The maximum atomic E-state index is 10.9. The molecule has 0 aromatic carbocycles. The van der Waals surface area contributed by atoms with Crippen LogP contribution in [-0.2, 0) is 13.1 Å². The second kappa shape index (κ2) is 6.75. The van der Waals surface area contributed by atoms with Gasteiger partial charge in [-0.05, 0) is 25.5 Å². The van der Waals surface area contributed by atoms with Gasteiger partial charge in [0.25, 0.3) is 0 Å². The van der Waals surface area contributed by atoms with Crippen LogP contribution in [0.1, 0.15) is 29.0 Å². The van der Waals surface area contributed by atoms with Gasteiger partial charge in [-0.25, -0.2) is 9.78 Å². The molecule has 0 fully saturated rings. The number of nitrogens with zero attached hydrogens (tertiary/aromatic N) is 2. The summed E-state index contributed by atoms with van der Waals surface area (Å²) in [7, 11) is 0. The predicted octanol–water partition coefficient (Wildman–Crippen LogP) is 1.74. The fraction of sp³-hybridized carbons (Fsp3) is 0.385. The summed E-state index contributed by atoms with van der Waals surface area (Å²) in [5.41, 5.74) is 0.228. The fourth-order valence-electron chi connectivity index (χ4n) is 1.83. The van der Waals surface area contributed by atoms with Crippen molar-refractivity contribution in [3.8, 4) is 0 Å². The average molecular weight is 263 g/mol. The van der Waals surface area contributed by atoms with Gasteiger partial charge in [-0.3, -0.25) is 0 Å². The number of furan rings is 1. The Labute approximate surface area is 111 Å². The molecule has 0 aliphatic carbocycles. The van der Waals surface area contributed by atoms with Gasteiger partial charge in [-0.1, -0.05) is 0 Å². The zero-order valence-electron chi connectivity index (χ0n) is 10.6. The number of aromatic nitrogens is 2. The Morgan fingerprint density at radius 3 is 3.11 bits per heavy atom. The number of unbranched alkanes of at least 4 members (excludes halogenated alkanes) is 1. The van der Waals surface area contributed by atoms with Gasteiger partial charge in [0.2, 0.25) is 0 Å². The molecule has 0 saturated carbocycles. The van der Waals surface area contributed by atoms with E-state index in [0.717, 1.165) is 25.9 Å². The molecule has 6 heteroatoms. The summed E-state index contributed by atoms with van der Waals surface area (Å²) in [6, 6.07) is 1.47. The van der Waals surface area contributed by atoms with Crippen molar-refractivity contribution in [1.82, 2.24) is 14.9 Å². The summed E-state index contributed by atoms with van der Waals surface area (Å²) >= 11 is 0. The van der Waals surface area contributed by atoms with Crippen molar-refractivity contribution in [2.45, 2.75) is 25.9 Å². The minimum absolute atomic E-state index is 0.228. The van der Waals surface area contributed by atoms with Crippen LogP contribution in [0.3, 0.4) is 0 Å². The first-order valence-corrected chi connectivity index (χ1v) is 6.23. The molecule has 0 aliphatic heterocycles. The molecule has 2 heterocycles. The highest BCUT2D eigenvalue weighted by Crippen LogP contribution is 2.09. The first-order chi connectivity index (χ1) is 9.27. The molecule has 0 spiro atoms. The lowest BCUT2D eigenvalue weighted by Gasteiger charge is -2.04. The molecular weight excluding hydrogens is 246 g/mol. The van der Waals surface area contributed by atoms with Crippen LogP contribution in [0, 0.1) is 0 Å². The van der Waals surface area contributed by atoms with Crippen molar-refractivity contribution in [3.63, 3.8) is 0 Å². The Balaban J connectivity index is 1.61. The molecule has 0 aliphatic rings. The van der Waals surface area contributed by atoms with E-state index in [0.29, 0.717) is 12.3 Å². The van der Waals surface area contributed by atoms with Crippen molar-refractivity contribution >= 4 is 5.97 Å². The standard InChI is InChI=1S/C13H17N3O3/c17-13(18)11-3-8-19-12(11)9-14-4-1-2-6-16-7-5-15-10-16/h3,5,7-8,10,14H,1-2,4,6,9H2,(H,17,18). The molecule has 0 bridgehead atoms. The van der Waals surface area contributed by atoms with E-state index in [1.807, 2.05) is 10.8 Å². The van der Waals surface area contributed by atoms with E-state index in [1.54, 1.807) is 12.5 Å². The van der Waals surface area contributed by atoms with Crippen LogP contribution in [0.5, 0.6) is 0 Å². The first kappa shape index (κ1) is 13.4. The summed E-state index contributed by atoms with van der Waals surface area (Å²) in [5, 5.41) is 12.1. The van der Waals surface area contributed by atoms with Crippen LogP contribution < -0.4 is 5.32 Å². The van der Waals surface area contributed by atoms with E-state index in [1.165, 1.54) is 12.3 Å². The molecule has 6 nitrogen and oxygen atoms in total. The normalized spacial score (nSPS) is 10.7. The molecule has 2 rings (SSSR count). The number of carboxylic acid groups (broad SMARTS) is 1. The number of carboxylic acids is 1. The van der Waals surface area contributed by atoms with Gasteiger partial charge < -0.3 is 19.4 Å². The van der Waals surface area contributed by atoms with Gasteiger partial charge in [0, 0.05) is 18.9 Å². The minimum atomic E-state index is -0.953. The number of nitrogens with one attached hydrogen (secondary N) is 1. The van der Waals surface area contributed by atoms with E-state index in [9.17, 15) is 4.79 Å². The van der Waals surface area contributed by atoms with Crippen LogP contribution in [0.25, 0.3) is 0 Å². The van der Waals surface area contributed by atoms with Crippen LogP contribution in [0.15, 0.2) is 35.5 Å². The summed E-state index contributed by atoms with van der Waals surface area (Å²) in [6.45, 7) is 2.22. The van der Waals surface area contributed by atoms with Gasteiger partial charge in [0.15, 0.2) is 0 Å². The largest absolute Gasteiger partial charge is 0.478 e. The molecule has 0 amide bonds. The molecule has 102 valence electrons. The third-order valence-corrected chi connectivity index (χ3v) is 2.84. The molecule has 0 radical (unpaired) electrons. The lowest BCUT2D eigenvalue weighted by atomic mass is 10.2. The van der Waals surface area contributed by atoms with Crippen molar-refractivity contribution in [2.24, 2.45) is 0 Å². The van der Waals surface area contributed by atoms with Crippen molar-refractivity contribution < 1.29 is 14.3 Å². The van der Waals surface area contributed by atoms with E-state index < -0.39 is 5.97 Å². The molecule has 0 saturated heterocycles. The van der Waals surface area contributed by atoms with Crippen LogP contribution in [0.4, 0.5) is 0 Å². The fourth-order valence-corrected chi connectivity index (χ4v) is 1.83. The summed E-state index contributed by atoms with van der Waals surface area (Å²) < 4.78 is 7.17. The molecule has 0 unspecified atom stereocenters. The second-order valence-corrected chi connectivity index (χ2v) is 4.25. The number of carbonyl (C=O) groups is 1. The first-order valence-electron chi connectivity index (χ1n) is 6.23. The number of hydrogen-bond acceptors (Lipinski definition) is 4. The highest BCUT2D eigenvalue weighted by Gasteiger charge is 2.12. The topological polar surface area (TPSA) is 80.3 Å². The summed E-state index contributed by atoms with van der Waals surface area (Å²) in [5.74, 6) is -0.479. The van der Waals surface area contributed by atoms with Crippen molar-refractivity contribution in [2.75, 3.05) is 6.54 Å². The number of aromatic carboxylic acids is 1. The summed E-state index contributed by atoms with van der Waals surface area (Å²) in [4.78, 5) is 14.8. The smallest absolute Gasteiger partial charge is 0.339 e. The zero-order valence-corrected chi connectivity index (χ0v) is 10.6. The monoisotopic (exact) mass is 263 g/mol. The molecular formula is C13H17N3O3. The van der Waals surface area contributed by atoms with Gasteiger partial charge >= 0.3 is 5.97 Å². The number of rotatable bonds is 8. The number of aryl methyl sites for hydroxylation is 1. The third kappa shape index (κ3) is 3.96. The molecule has 19 heavy (non-hydrogen) atoms. The van der Waals surface area contributed by atoms with Crippen molar-refractivity contribution in [3.05, 3.63) is 42.4 Å². The quantitative estimate of drug-likeness (QED) is 0.709. The van der Waals surface area contributed by atoms with Crippen LogP contribution in [-0.4, -0.2) is 27.2 Å². The minimum Gasteiger partial charge on any atom is -0.478 e. The Kier molecular flexibility index (Phi) is 4.74. The summed E-state index contributed by atoms with van der Waals surface area (Å²) in [6.07, 6.45) is 8.97. The zero-order chi connectivity index (χ0) is 13.5. The van der Waals surface area contributed by atoms with E-state index in [4.69, 9.17) is 9.52 Å². The van der Waals surface area contributed by atoms with E-state index >= 15 is 0 Å². The number of imidazole rings is 1. The Hall–Kier alpha value is -2.08. The van der Waals surface area contributed by atoms with E-state index in [2.05, 4.69) is 10.3 Å². The molecule has 2 aromatic rings. The Morgan fingerprint density at radius 2 is 2.37 bits per heavy atom. The highest BCUT2D eigenvalue weighted by atomic mass is 16.4. The lowest BCUT2D eigenvalue weighted by Crippen LogP contribution is -2.16. The van der Waals surface area contributed by atoms with Gasteiger partial charge in [0.05, 0.1) is 19.1 Å². The van der Waals surface area contributed by atoms with Crippen LogP contribution >= 0.6 is 0 Å². The maximum absolute atomic E-state index is 10.9. The SMILES string of the molecule is O=C(O)c1ccoc1CNCCCCn1ccnc1. The molecule has 2 N–H and O–H groups in total. The third-order valence-electron chi connectivity index (χ3n) is 2.84. The van der Waals surface area contributed by atoms with Gasteiger partial charge in [-0.2, -0.15) is 0 Å². The van der Waals surface area contributed by atoms with Crippen molar-refractivity contribution in [1.29, 1.82) is 0 Å². The van der Waals surface area contributed by atoms with Gasteiger partial charge in [-0.15, -0.1) is 0 Å². The number of hydrogen-bond donors (Lipinski definition) is 2. The molecule has 0 atom stereocenters.